The van der Waals surface area contributed by atoms with Crippen molar-refractivity contribution >= 4 is 16.1 Å². The van der Waals surface area contributed by atoms with Crippen LogP contribution in [0.15, 0.2) is 59.5 Å². The smallest absolute Gasteiger partial charge is 0.407 e. The number of alkyl carbamates (subject to hydrolysis) is 1. The predicted octanol–water partition coefficient (Wildman–Crippen LogP) is 2.60. The number of nitrogens with one attached hydrogen (secondary N) is 2. The number of sulfonamides is 1. The first-order valence-electron chi connectivity index (χ1n) is 12.3. The second-order valence-electron chi connectivity index (χ2n) is 8.89. The molecule has 1 aliphatic rings. The number of carbonyl (C=O) groups excluding carboxylic acids is 1. The maximum absolute atomic E-state index is 13.2. The first kappa shape index (κ1) is 28.9. The molecular weight excluding hydrogens is 500 g/mol. The van der Waals surface area contributed by atoms with Gasteiger partial charge in [0.05, 0.1) is 37.4 Å². The average molecular weight is 537 g/mol. The summed E-state index contributed by atoms with van der Waals surface area (Å²) in [5.41, 5.74) is 0.830. The normalized spacial score (nSPS) is 19.0. The molecule has 5 atom stereocenters. The van der Waals surface area contributed by atoms with Gasteiger partial charge in [0, 0.05) is 6.42 Å². The highest BCUT2D eigenvalue weighted by atomic mass is 32.2. The van der Waals surface area contributed by atoms with Crippen molar-refractivity contribution in [2.24, 2.45) is 0 Å². The lowest BCUT2D eigenvalue weighted by molar-refractivity contribution is -0.0878. The molecule has 1 amide bonds. The highest BCUT2D eigenvalue weighted by molar-refractivity contribution is 7.89. The van der Waals surface area contributed by atoms with Gasteiger partial charge < -0.3 is 29.4 Å². The van der Waals surface area contributed by atoms with Gasteiger partial charge in [-0.3, -0.25) is 0 Å². The Balaban J connectivity index is 1.84. The van der Waals surface area contributed by atoms with Gasteiger partial charge in [-0.1, -0.05) is 37.3 Å². The number of carbonyl (C=O) groups is 1. The summed E-state index contributed by atoms with van der Waals surface area (Å²) < 4.78 is 50.5. The van der Waals surface area contributed by atoms with E-state index in [4.69, 9.17) is 18.9 Å². The van der Waals surface area contributed by atoms with Crippen molar-refractivity contribution in [2.45, 2.75) is 68.6 Å². The molecule has 0 spiro atoms. The molecule has 2 aromatic rings. The second-order valence-corrected chi connectivity index (χ2v) is 10.6. The molecule has 2 aromatic carbocycles. The van der Waals surface area contributed by atoms with Crippen LogP contribution in [0, 0.1) is 0 Å². The summed E-state index contributed by atoms with van der Waals surface area (Å²) in [6.07, 6.45) is -2.91. The highest BCUT2D eigenvalue weighted by Gasteiger charge is 2.35. The number of aliphatic hydroxyl groups is 1. The molecule has 1 heterocycles. The van der Waals surface area contributed by atoms with E-state index in [0.717, 1.165) is 5.56 Å². The van der Waals surface area contributed by atoms with E-state index in [1.54, 1.807) is 6.92 Å². The maximum atomic E-state index is 13.2. The van der Waals surface area contributed by atoms with E-state index in [1.165, 1.54) is 31.4 Å². The van der Waals surface area contributed by atoms with Crippen LogP contribution >= 0.6 is 0 Å². The summed E-state index contributed by atoms with van der Waals surface area (Å²) in [5.74, 6) is 0.504. The molecule has 3 rings (SSSR count). The molecule has 0 aromatic heterocycles. The number of methoxy groups -OCH3 is 1. The van der Waals surface area contributed by atoms with Crippen LogP contribution in [0.1, 0.15) is 32.3 Å². The predicted molar refractivity (Wildman–Crippen MR) is 137 cm³/mol. The third-order valence-corrected chi connectivity index (χ3v) is 7.52. The van der Waals surface area contributed by atoms with Crippen LogP contribution in [0.4, 0.5) is 4.79 Å². The lowest BCUT2D eigenvalue weighted by atomic mass is 10.0. The zero-order valence-corrected chi connectivity index (χ0v) is 22.1. The van der Waals surface area contributed by atoms with Gasteiger partial charge in [-0.2, -0.15) is 4.72 Å². The molecular formula is C26H36N2O8S. The highest BCUT2D eigenvalue weighted by Crippen LogP contribution is 2.19. The average Bonchev–Trinajstić information content (AvgIpc) is 3.40. The topological polar surface area (TPSA) is 132 Å². The molecule has 37 heavy (non-hydrogen) atoms. The van der Waals surface area contributed by atoms with E-state index in [9.17, 15) is 18.3 Å². The molecule has 0 radical (unpaired) electrons. The number of aliphatic hydroxyl groups excluding tert-OH is 1. The molecule has 0 bridgehead atoms. The Morgan fingerprint density at radius 3 is 2.46 bits per heavy atom. The minimum atomic E-state index is -4.09. The van der Waals surface area contributed by atoms with Gasteiger partial charge in [0.2, 0.25) is 10.0 Å². The van der Waals surface area contributed by atoms with Gasteiger partial charge >= 0.3 is 6.09 Å². The Hall–Kier alpha value is -2.70. The number of hydrogen-bond donors (Lipinski definition) is 3. The van der Waals surface area contributed by atoms with Crippen LogP contribution < -0.4 is 14.8 Å². The summed E-state index contributed by atoms with van der Waals surface area (Å²) in [4.78, 5) is 12.7. The summed E-state index contributed by atoms with van der Waals surface area (Å²) in [7, 11) is -2.60. The Morgan fingerprint density at radius 2 is 1.86 bits per heavy atom. The summed E-state index contributed by atoms with van der Waals surface area (Å²) in [6.45, 7) is 4.47. The van der Waals surface area contributed by atoms with Crippen LogP contribution in [-0.2, 0) is 30.7 Å². The minimum absolute atomic E-state index is 0.0218. The number of amides is 1. The number of ether oxygens (including phenoxy) is 4. The molecule has 2 unspecified atom stereocenters. The Morgan fingerprint density at radius 1 is 1.16 bits per heavy atom. The van der Waals surface area contributed by atoms with E-state index in [2.05, 4.69) is 10.0 Å². The lowest BCUT2D eigenvalue weighted by Gasteiger charge is -2.32. The van der Waals surface area contributed by atoms with Crippen molar-refractivity contribution in [1.82, 2.24) is 10.0 Å². The van der Waals surface area contributed by atoms with Crippen LogP contribution in [0.5, 0.6) is 5.75 Å². The third kappa shape index (κ3) is 8.68. The van der Waals surface area contributed by atoms with Crippen LogP contribution in [-0.4, -0.2) is 70.5 Å². The molecule has 1 saturated heterocycles. The summed E-state index contributed by atoms with van der Waals surface area (Å²) in [5, 5.41) is 14.1. The van der Waals surface area contributed by atoms with Gasteiger partial charge in [-0.15, -0.1) is 0 Å². The second kappa shape index (κ2) is 13.7. The zero-order valence-electron chi connectivity index (χ0n) is 21.3. The van der Waals surface area contributed by atoms with Crippen LogP contribution in [0.25, 0.3) is 0 Å². The number of hydrogen-bond acceptors (Lipinski definition) is 8. The van der Waals surface area contributed by atoms with Gasteiger partial charge in [0.25, 0.3) is 0 Å². The SMILES string of the molecule is CCC(C)OC(NS(=O)(=O)c1ccc(OC)cc1)[C@H](O)[C@H](Cc1ccccc1)NC(=O)O[C@H]1CCOC1. The van der Waals surface area contributed by atoms with Gasteiger partial charge in [0.1, 0.15) is 24.2 Å². The fourth-order valence-electron chi connectivity index (χ4n) is 3.78. The molecule has 1 fully saturated rings. The molecule has 0 saturated carbocycles. The lowest BCUT2D eigenvalue weighted by Crippen LogP contribution is -2.56. The van der Waals surface area contributed by atoms with Gasteiger partial charge in [-0.05, 0) is 49.6 Å². The third-order valence-electron chi connectivity index (χ3n) is 6.08. The van der Waals surface area contributed by atoms with Crippen molar-refractivity contribution in [3.05, 3.63) is 60.2 Å². The Kier molecular flexibility index (Phi) is 10.7. The molecule has 3 N–H and O–H groups in total. The molecule has 0 aliphatic carbocycles. The van der Waals surface area contributed by atoms with Crippen LogP contribution in [0.3, 0.4) is 0 Å². The molecule has 204 valence electrons. The largest absolute Gasteiger partial charge is 0.497 e. The Bertz CT molecular complexity index is 1080. The monoisotopic (exact) mass is 536 g/mol. The summed E-state index contributed by atoms with van der Waals surface area (Å²) in [6, 6.07) is 14.2. The van der Waals surface area contributed by atoms with Gasteiger partial charge in [-0.25, -0.2) is 13.2 Å². The fourth-order valence-corrected chi connectivity index (χ4v) is 4.91. The molecule has 1 aliphatic heterocycles. The van der Waals surface area contributed by atoms with Crippen molar-refractivity contribution in [1.29, 1.82) is 0 Å². The van der Waals surface area contributed by atoms with Crippen molar-refractivity contribution in [3.63, 3.8) is 0 Å². The molecule has 10 nitrogen and oxygen atoms in total. The standard InChI is InChI=1S/C26H36N2O8S/c1-4-18(2)35-25(28-37(31,32)22-12-10-20(33-3)11-13-22)24(29)23(16-19-8-6-5-7-9-19)27-26(30)36-21-14-15-34-17-21/h5-13,18,21,23-25,28-29H,4,14-17H2,1-3H3,(H,27,30)/t18?,21-,23-,24+,25?/m0/s1. The summed E-state index contributed by atoms with van der Waals surface area (Å²) >= 11 is 0. The van der Waals surface area contributed by atoms with Gasteiger partial charge in [0.15, 0.2) is 0 Å². The van der Waals surface area contributed by atoms with E-state index < -0.39 is 34.5 Å². The van der Waals surface area contributed by atoms with Crippen molar-refractivity contribution < 1.29 is 37.3 Å². The number of benzene rings is 2. The van der Waals surface area contributed by atoms with E-state index in [0.29, 0.717) is 31.8 Å². The fraction of sp³-hybridized carbons (Fsp3) is 0.500. The van der Waals surface area contributed by atoms with E-state index in [1.807, 2.05) is 37.3 Å². The maximum Gasteiger partial charge on any atom is 0.407 e. The molecule has 11 heteroatoms. The quantitative estimate of drug-likeness (QED) is 0.333. The number of rotatable bonds is 13. The first-order valence-corrected chi connectivity index (χ1v) is 13.8. The van der Waals surface area contributed by atoms with Crippen molar-refractivity contribution in [3.8, 4) is 5.75 Å². The van der Waals surface area contributed by atoms with Crippen molar-refractivity contribution in [2.75, 3.05) is 20.3 Å². The van der Waals surface area contributed by atoms with E-state index in [-0.39, 0.29) is 23.5 Å². The first-order chi connectivity index (χ1) is 17.7. The Labute approximate surface area is 218 Å². The van der Waals surface area contributed by atoms with Crippen LogP contribution in [0.2, 0.25) is 0 Å². The minimum Gasteiger partial charge on any atom is -0.497 e. The zero-order chi connectivity index (χ0) is 26.8. The van der Waals surface area contributed by atoms with E-state index >= 15 is 0 Å².